The normalized spacial score (nSPS) is 12.5. The maximum Gasteiger partial charge on any atom is 0.407 e. The van der Waals surface area contributed by atoms with Crippen molar-refractivity contribution in [1.29, 1.82) is 5.26 Å². The first-order valence-corrected chi connectivity index (χ1v) is 7.03. The molecule has 0 aromatic carbocycles. The van der Waals surface area contributed by atoms with Crippen LogP contribution in [-0.2, 0) is 11.3 Å². The summed E-state index contributed by atoms with van der Waals surface area (Å²) in [6, 6.07) is 5.45. The molecule has 21 heavy (non-hydrogen) atoms. The number of nitriles is 1. The van der Waals surface area contributed by atoms with Gasteiger partial charge in [0.25, 0.3) is 0 Å². The molecule has 1 heterocycles. The highest BCUT2D eigenvalue weighted by Crippen LogP contribution is 2.08. The summed E-state index contributed by atoms with van der Waals surface area (Å²) in [4.78, 5) is 11.6. The SMILES string of the molecule is CCC(CNC(=O)OC(C)(C)C)NCc1ccc(C#N)o1. The fourth-order valence-corrected chi connectivity index (χ4v) is 1.66. The van der Waals surface area contributed by atoms with Crippen LogP contribution < -0.4 is 10.6 Å². The van der Waals surface area contributed by atoms with Gasteiger partial charge in [0.15, 0.2) is 0 Å². The van der Waals surface area contributed by atoms with Crippen LogP contribution in [0.15, 0.2) is 16.5 Å². The zero-order chi connectivity index (χ0) is 15.9. The van der Waals surface area contributed by atoms with Crippen molar-refractivity contribution < 1.29 is 13.9 Å². The second-order valence-electron chi connectivity index (χ2n) is 5.75. The maximum atomic E-state index is 11.6. The van der Waals surface area contributed by atoms with Gasteiger partial charge in [0.2, 0.25) is 5.76 Å². The Morgan fingerprint density at radius 1 is 1.48 bits per heavy atom. The molecule has 6 nitrogen and oxygen atoms in total. The molecular weight excluding hydrogens is 270 g/mol. The van der Waals surface area contributed by atoms with Crippen LogP contribution >= 0.6 is 0 Å². The number of carbonyl (C=O) groups is 1. The minimum absolute atomic E-state index is 0.105. The van der Waals surface area contributed by atoms with Crippen LogP contribution in [0, 0.1) is 11.3 Å². The highest BCUT2D eigenvalue weighted by Gasteiger charge is 2.17. The van der Waals surface area contributed by atoms with Crippen molar-refractivity contribution in [2.24, 2.45) is 0 Å². The molecule has 0 saturated carbocycles. The van der Waals surface area contributed by atoms with E-state index in [4.69, 9.17) is 14.4 Å². The van der Waals surface area contributed by atoms with Gasteiger partial charge in [-0.2, -0.15) is 5.26 Å². The van der Waals surface area contributed by atoms with Crippen molar-refractivity contribution >= 4 is 6.09 Å². The Morgan fingerprint density at radius 3 is 2.71 bits per heavy atom. The van der Waals surface area contributed by atoms with E-state index in [0.29, 0.717) is 24.6 Å². The molecule has 1 aromatic heterocycles. The predicted octanol–water partition coefficient (Wildman–Crippen LogP) is 2.54. The molecule has 1 unspecified atom stereocenters. The predicted molar refractivity (Wildman–Crippen MR) is 78.6 cm³/mol. The Kier molecular flexibility index (Phi) is 6.25. The lowest BCUT2D eigenvalue weighted by molar-refractivity contribution is 0.0522. The standard InChI is InChI=1S/C15H23N3O3/c1-5-11(9-18-14(19)21-15(2,3)4)17-10-13-7-6-12(8-16)20-13/h6-7,11,17H,5,9-10H2,1-4H3,(H,18,19). The van der Waals surface area contributed by atoms with Crippen LogP contribution in [0.3, 0.4) is 0 Å². The third-order valence-corrected chi connectivity index (χ3v) is 2.72. The molecule has 116 valence electrons. The Hall–Kier alpha value is -2.00. The average Bonchev–Trinajstić information content (AvgIpc) is 2.85. The largest absolute Gasteiger partial charge is 0.449 e. The van der Waals surface area contributed by atoms with Crippen molar-refractivity contribution in [3.8, 4) is 6.07 Å². The summed E-state index contributed by atoms with van der Waals surface area (Å²) in [5, 5.41) is 14.7. The number of furan rings is 1. The molecule has 6 heteroatoms. The van der Waals surface area contributed by atoms with Gasteiger partial charge in [-0.1, -0.05) is 6.92 Å². The van der Waals surface area contributed by atoms with Gasteiger partial charge in [0.05, 0.1) is 6.54 Å². The number of rotatable bonds is 6. The molecule has 1 rings (SSSR count). The van der Waals surface area contributed by atoms with Gasteiger partial charge in [-0.3, -0.25) is 0 Å². The first-order chi connectivity index (χ1) is 9.84. The second-order valence-corrected chi connectivity index (χ2v) is 5.75. The summed E-state index contributed by atoms with van der Waals surface area (Å²) in [5.41, 5.74) is -0.499. The van der Waals surface area contributed by atoms with Gasteiger partial charge in [-0.05, 0) is 39.3 Å². The third kappa shape index (κ3) is 6.82. The van der Waals surface area contributed by atoms with Crippen LogP contribution in [0.4, 0.5) is 4.79 Å². The lowest BCUT2D eigenvalue weighted by atomic mass is 10.2. The van der Waals surface area contributed by atoms with Crippen molar-refractivity contribution in [3.63, 3.8) is 0 Å². The van der Waals surface area contributed by atoms with Crippen LogP contribution in [0.5, 0.6) is 0 Å². The smallest absolute Gasteiger partial charge is 0.407 e. The molecule has 1 atom stereocenters. The number of nitrogens with one attached hydrogen (secondary N) is 2. The molecule has 0 bridgehead atoms. The highest BCUT2D eigenvalue weighted by atomic mass is 16.6. The number of ether oxygens (including phenoxy) is 1. The first kappa shape index (κ1) is 17.1. The van der Waals surface area contributed by atoms with E-state index in [1.54, 1.807) is 12.1 Å². The summed E-state index contributed by atoms with van der Waals surface area (Å²) in [6.45, 7) is 8.48. The van der Waals surface area contributed by atoms with Crippen molar-refractivity contribution in [2.75, 3.05) is 6.54 Å². The number of carbonyl (C=O) groups excluding carboxylic acids is 1. The lowest BCUT2D eigenvalue weighted by Crippen LogP contribution is -2.42. The first-order valence-electron chi connectivity index (χ1n) is 7.03. The molecule has 0 aliphatic rings. The molecule has 0 aliphatic carbocycles. The van der Waals surface area contributed by atoms with Crippen LogP contribution in [0.1, 0.15) is 45.6 Å². The Labute approximate surface area is 125 Å². The summed E-state index contributed by atoms with van der Waals surface area (Å²) in [6.07, 6.45) is 0.425. The maximum absolute atomic E-state index is 11.6. The Bertz CT molecular complexity index is 497. The minimum Gasteiger partial charge on any atom is -0.449 e. The highest BCUT2D eigenvalue weighted by molar-refractivity contribution is 5.67. The van der Waals surface area contributed by atoms with E-state index in [0.717, 1.165) is 6.42 Å². The van der Waals surface area contributed by atoms with Gasteiger partial charge < -0.3 is 19.8 Å². The van der Waals surface area contributed by atoms with E-state index in [1.165, 1.54) is 0 Å². The zero-order valence-electron chi connectivity index (χ0n) is 13.0. The average molecular weight is 293 g/mol. The van der Waals surface area contributed by atoms with Gasteiger partial charge in [-0.15, -0.1) is 0 Å². The Morgan fingerprint density at radius 2 is 2.19 bits per heavy atom. The van der Waals surface area contributed by atoms with Crippen LogP contribution in [-0.4, -0.2) is 24.3 Å². The van der Waals surface area contributed by atoms with Crippen molar-refractivity contribution in [1.82, 2.24) is 10.6 Å². The number of amides is 1. The Balaban J connectivity index is 2.35. The molecule has 0 fully saturated rings. The topological polar surface area (TPSA) is 87.3 Å². The lowest BCUT2D eigenvalue weighted by Gasteiger charge is -2.22. The summed E-state index contributed by atoms with van der Waals surface area (Å²) in [7, 11) is 0. The summed E-state index contributed by atoms with van der Waals surface area (Å²) < 4.78 is 10.5. The van der Waals surface area contributed by atoms with Crippen LogP contribution in [0.25, 0.3) is 0 Å². The van der Waals surface area contributed by atoms with Crippen molar-refractivity contribution in [3.05, 3.63) is 23.7 Å². The quantitative estimate of drug-likeness (QED) is 0.841. The molecule has 0 spiro atoms. The molecule has 2 N–H and O–H groups in total. The molecule has 1 aromatic rings. The fraction of sp³-hybridized carbons (Fsp3) is 0.600. The summed E-state index contributed by atoms with van der Waals surface area (Å²) in [5.74, 6) is 0.994. The zero-order valence-corrected chi connectivity index (χ0v) is 13.0. The van der Waals surface area contributed by atoms with E-state index in [1.807, 2.05) is 33.8 Å². The monoisotopic (exact) mass is 293 g/mol. The van der Waals surface area contributed by atoms with E-state index < -0.39 is 11.7 Å². The fourth-order valence-electron chi connectivity index (χ4n) is 1.66. The molecule has 0 saturated heterocycles. The third-order valence-electron chi connectivity index (χ3n) is 2.72. The van der Waals surface area contributed by atoms with Gasteiger partial charge in [0, 0.05) is 12.6 Å². The van der Waals surface area contributed by atoms with Gasteiger partial charge in [-0.25, -0.2) is 4.79 Å². The van der Waals surface area contributed by atoms with Gasteiger partial charge >= 0.3 is 6.09 Å². The van der Waals surface area contributed by atoms with Crippen molar-refractivity contribution in [2.45, 2.75) is 52.3 Å². The second kappa shape index (κ2) is 7.70. The summed E-state index contributed by atoms with van der Waals surface area (Å²) >= 11 is 0. The molecule has 1 amide bonds. The molecule has 0 radical (unpaired) electrons. The molecular formula is C15H23N3O3. The number of hydrogen-bond acceptors (Lipinski definition) is 5. The van der Waals surface area contributed by atoms with E-state index >= 15 is 0 Å². The minimum atomic E-state index is -0.499. The molecule has 0 aliphatic heterocycles. The number of hydrogen-bond donors (Lipinski definition) is 2. The van der Waals surface area contributed by atoms with Crippen LogP contribution in [0.2, 0.25) is 0 Å². The van der Waals surface area contributed by atoms with E-state index in [9.17, 15) is 4.79 Å². The van der Waals surface area contributed by atoms with E-state index in [2.05, 4.69) is 10.6 Å². The van der Waals surface area contributed by atoms with Gasteiger partial charge in [0.1, 0.15) is 17.4 Å². The van der Waals surface area contributed by atoms with E-state index in [-0.39, 0.29) is 6.04 Å². The number of alkyl carbamates (subject to hydrolysis) is 1. The number of nitrogens with zero attached hydrogens (tertiary/aromatic N) is 1.